The molecular formula is C25H29NO5. The van der Waals surface area contributed by atoms with Crippen LogP contribution < -0.4 is 10.1 Å². The molecule has 4 aliphatic carbocycles. The molecule has 0 saturated heterocycles. The number of hydrogen-bond donors (Lipinski definition) is 1. The predicted molar refractivity (Wildman–Crippen MR) is 114 cm³/mol. The number of hydrogen-bond acceptors (Lipinski definition) is 5. The Labute approximate surface area is 182 Å². The van der Waals surface area contributed by atoms with Crippen molar-refractivity contribution in [3.8, 4) is 5.75 Å². The van der Waals surface area contributed by atoms with Crippen LogP contribution >= 0.6 is 0 Å². The number of carbonyl (C=O) groups is 2. The van der Waals surface area contributed by atoms with Gasteiger partial charge in [0.2, 0.25) is 0 Å². The molecule has 4 fully saturated rings. The number of benzene rings is 1. The molecule has 6 nitrogen and oxygen atoms in total. The second-order valence-electron chi connectivity index (χ2n) is 9.67. The lowest BCUT2D eigenvalue weighted by Gasteiger charge is -2.56. The second kappa shape index (κ2) is 8.06. The van der Waals surface area contributed by atoms with E-state index in [1.165, 1.54) is 45.6 Å². The van der Waals surface area contributed by atoms with E-state index in [0.717, 1.165) is 24.3 Å². The Kier molecular flexibility index (Phi) is 5.24. The number of amides is 1. The molecule has 0 aliphatic heterocycles. The molecule has 1 aromatic carbocycles. The van der Waals surface area contributed by atoms with Crippen LogP contribution in [0.4, 0.5) is 0 Å². The van der Waals surface area contributed by atoms with Gasteiger partial charge >= 0.3 is 5.97 Å². The smallest absolute Gasteiger partial charge is 0.337 e. The van der Waals surface area contributed by atoms with Gasteiger partial charge in [-0.25, -0.2) is 4.79 Å². The lowest BCUT2D eigenvalue weighted by atomic mass is 9.49. The number of carbonyl (C=O) groups excluding carboxylic acids is 2. The minimum Gasteiger partial charge on any atom is -0.486 e. The van der Waals surface area contributed by atoms with Gasteiger partial charge in [-0.3, -0.25) is 4.79 Å². The van der Waals surface area contributed by atoms with Crippen LogP contribution in [0.5, 0.6) is 5.75 Å². The van der Waals surface area contributed by atoms with Crippen molar-refractivity contribution in [2.24, 2.45) is 23.2 Å². The molecule has 4 saturated carbocycles. The molecule has 4 bridgehead atoms. The third-order valence-electron chi connectivity index (χ3n) is 7.33. The number of esters is 1. The Hall–Kier alpha value is -2.76. The topological polar surface area (TPSA) is 77.8 Å². The number of ether oxygens (including phenoxy) is 2. The predicted octanol–water partition coefficient (Wildman–Crippen LogP) is 4.59. The van der Waals surface area contributed by atoms with Crippen molar-refractivity contribution in [3.63, 3.8) is 0 Å². The summed E-state index contributed by atoms with van der Waals surface area (Å²) in [5.74, 6) is 3.59. The molecule has 6 heteroatoms. The van der Waals surface area contributed by atoms with E-state index < -0.39 is 0 Å². The fourth-order valence-corrected chi connectivity index (χ4v) is 6.40. The largest absolute Gasteiger partial charge is 0.486 e. The first-order valence-corrected chi connectivity index (χ1v) is 11.2. The second-order valence-corrected chi connectivity index (χ2v) is 9.67. The molecule has 1 amide bonds. The Balaban J connectivity index is 1.13. The van der Waals surface area contributed by atoms with Gasteiger partial charge in [0.15, 0.2) is 5.76 Å². The van der Waals surface area contributed by atoms with Gasteiger partial charge in [0, 0.05) is 6.54 Å². The minimum atomic E-state index is -0.387. The van der Waals surface area contributed by atoms with E-state index >= 15 is 0 Å². The zero-order chi connectivity index (χ0) is 21.4. The van der Waals surface area contributed by atoms with Gasteiger partial charge < -0.3 is 19.2 Å². The first kappa shape index (κ1) is 20.2. The van der Waals surface area contributed by atoms with Crippen molar-refractivity contribution in [2.75, 3.05) is 13.7 Å². The molecule has 1 N–H and O–H groups in total. The van der Waals surface area contributed by atoms with E-state index in [9.17, 15) is 9.59 Å². The highest BCUT2D eigenvalue weighted by atomic mass is 16.5. The molecule has 0 unspecified atom stereocenters. The summed E-state index contributed by atoms with van der Waals surface area (Å²) >= 11 is 0. The number of methoxy groups -OCH3 is 1. The highest BCUT2D eigenvalue weighted by Crippen LogP contribution is 2.59. The van der Waals surface area contributed by atoms with E-state index in [4.69, 9.17) is 9.15 Å². The number of furan rings is 1. The number of nitrogens with one attached hydrogen (secondary N) is 1. The maximum atomic E-state index is 12.7. The molecule has 2 aromatic rings. The van der Waals surface area contributed by atoms with Crippen LogP contribution in [0.25, 0.3) is 0 Å². The van der Waals surface area contributed by atoms with Crippen LogP contribution in [0.3, 0.4) is 0 Å². The van der Waals surface area contributed by atoms with E-state index in [1.54, 1.807) is 36.4 Å². The van der Waals surface area contributed by atoms with Gasteiger partial charge in [0.25, 0.3) is 5.91 Å². The summed E-state index contributed by atoms with van der Waals surface area (Å²) in [5, 5.41) is 3.15. The highest BCUT2D eigenvalue weighted by Gasteiger charge is 2.50. The highest BCUT2D eigenvalue weighted by molar-refractivity contribution is 5.91. The summed E-state index contributed by atoms with van der Waals surface area (Å²) in [6, 6.07) is 10.2. The van der Waals surface area contributed by atoms with Crippen LogP contribution in [0.15, 0.2) is 40.8 Å². The Morgan fingerprint density at radius 2 is 1.65 bits per heavy atom. The van der Waals surface area contributed by atoms with Gasteiger partial charge in [0.1, 0.15) is 18.1 Å². The Morgan fingerprint density at radius 1 is 1.00 bits per heavy atom. The minimum absolute atomic E-state index is 0.149. The normalized spacial score (nSPS) is 28.4. The van der Waals surface area contributed by atoms with Crippen molar-refractivity contribution in [2.45, 2.75) is 45.1 Å². The first-order valence-electron chi connectivity index (χ1n) is 11.2. The van der Waals surface area contributed by atoms with Gasteiger partial charge in [-0.05, 0) is 98.1 Å². The fourth-order valence-electron chi connectivity index (χ4n) is 6.40. The summed E-state index contributed by atoms with van der Waals surface area (Å²) < 4.78 is 16.1. The lowest BCUT2D eigenvalue weighted by Crippen LogP contribution is -2.51. The molecule has 31 heavy (non-hydrogen) atoms. The summed E-state index contributed by atoms with van der Waals surface area (Å²) in [7, 11) is 1.35. The van der Waals surface area contributed by atoms with Crippen LogP contribution in [0.2, 0.25) is 0 Å². The van der Waals surface area contributed by atoms with Gasteiger partial charge in [-0.1, -0.05) is 0 Å². The van der Waals surface area contributed by atoms with Crippen molar-refractivity contribution in [3.05, 3.63) is 53.5 Å². The molecular weight excluding hydrogens is 394 g/mol. The maximum absolute atomic E-state index is 12.7. The van der Waals surface area contributed by atoms with E-state index in [2.05, 4.69) is 10.1 Å². The number of rotatable bonds is 7. The van der Waals surface area contributed by atoms with E-state index in [1.807, 2.05) is 0 Å². The van der Waals surface area contributed by atoms with Crippen LogP contribution in [0, 0.1) is 23.2 Å². The molecule has 6 rings (SSSR count). The lowest BCUT2D eigenvalue weighted by molar-refractivity contribution is -0.0504. The van der Waals surface area contributed by atoms with Crippen molar-refractivity contribution >= 4 is 11.9 Å². The summed E-state index contributed by atoms with van der Waals surface area (Å²) in [5.41, 5.74) is 0.769. The first-order chi connectivity index (χ1) is 15.0. The van der Waals surface area contributed by atoms with Gasteiger partial charge in [-0.2, -0.15) is 0 Å². The summed E-state index contributed by atoms with van der Waals surface area (Å²) in [6.45, 7) is 0.967. The van der Waals surface area contributed by atoms with Crippen molar-refractivity contribution < 1.29 is 23.5 Å². The average Bonchev–Trinajstić information content (AvgIpc) is 3.24. The summed E-state index contributed by atoms with van der Waals surface area (Å²) in [4.78, 5) is 24.2. The third kappa shape index (κ3) is 4.21. The molecule has 0 atom stereocenters. The zero-order valence-electron chi connectivity index (χ0n) is 17.9. The zero-order valence-corrected chi connectivity index (χ0v) is 17.9. The van der Waals surface area contributed by atoms with Gasteiger partial charge in [-0.15, -0.1) is 0 Å². The van der Waals surface area contributed by atoms with Crippen LogP contribution in [0.1, 0.15) is 65.2 Å². The molecule has 1 aromatic heterocycles. The monoisotopic (exact) mass is 423 g/mol. The molecule has 0 spiro atoms. The Morgan fingerprint density at radius 3 is 2.26 bits per heavy atom. The molecule has 164 valence electrons. The Bertz CT molecular complexity index is 925. The van der Waals surface area contributed by atoms with Crippen molar-refractivity contribution in [1.29, 1.82) is 0 Å². The molecule has 4 aliphatic rings. The van der Waals surface area contributed by atoms with Crippen molar-refractivity contribution in [1.82, 2.24) is 5.32 Å². The summed E-state index contributed by atoms with van der Waals surface area (Å²) in [6.07, 6.45) is 8.02. The average molecular weight is 424 g/mol. The standard InChI is InChI=1S/C25H29NO5/c1-29-24(28)19-2-4-20(5-3-19)30-14-21-6-7-22(31-21)23(27)26-15-25-11-16-8-17(12-25)10-18(9-16)13-25/h2-7,16-18H,8-15H2,1H3,(H,26,27). The SMILES string of the molecule is COC(=O)c1ccc(OCc2ccc(C(=O)NCC34CC5CC(CC(C5)C3)C4)o2)cc1. The van der Waals surface area contributed by atoms with Gasteiger partial charge in [0.05, 0.1) is 12.7 Å². The van der Waals surface area contributed by atoms with E-state index in [-0.39, 0.29) is 18.5 Å². The maximum Gasteiger partial charge on any atom is 0.337 e. The molecule has 1 heterocycles. The molecule has 0 radical (unpaired) electrons. The fraction of sp³-hybridized carbons (Fsp3) is 0.520. The van der Waals surface area contributed by atoms with Crippen LogP contribution in [-0.2, 0) is 11.3 Å². The third-order valence-corrected chi connectivity index (χ3v) is 7.33. The van der Waals surface area contributed by atoms with Crippen LogP contribution in [-0.4, -0.2) is 25.5 Å². The quantitative estimate of drug-likeness (QED) is 0.659. The van der Waals surface area contributed by atoms with E-state index in [0.29, 0.717) is 28.2 Å².